The average molecular weight is 407 g/mol. The molecule has 0 amide bonds. The van der Waals surface area contributed by atoms with Gasteiger partial charge < -0.3 is 19.6 Å². The summed E-state index contributed by atoms with van der Waals surface area (Å²) in [6.45, 7) is 1.46. The molecule has 0 unspecified atom stereocenters. The van der Waals surface area contributed by atoms with Crippen molar-refractivity contribution < 1.29 is 13.9 Å². The third kappa shape index (κ3) is 5.03. The van der Waals surface area contributed by atoms with Gasteiger partial charge in [-0.1, -0.05) is 24.3 Å². The molecule has 0 spiro atoms. The Morgan fingerprint density at radius 2 is 1.72 bits per heavy atom. The van der Waals surface area contributed by atoms with E-state index in [0.717, 1.165) is 58.5 Å². The van der Waals surface area contributed by atoms with Gasteiger partial charge in [-0.25, -0.2) is 4.98 Å². The van der Waals surface area contributed by atoms with Crippen molar-refractivity contribution in [3.63, 3.8) is 0 Å². The molecule has 29 heavy (non-hydrogen) atoms. The second-order valence-corrected chi connectivity index (χ2v) is 7.18. The monoisotopic (exact) mass is 406 g/mol. The van der Waals surface area contributed by atoms with Gasteiger partial charge in [0.2, 0.25) is 0 Å². The number of anilines is 1. The van der Waals surface area contributed by atoms with Crippen LogP contribution in [-0.2, 0) is 6.42 Å². The van der Waals surface area contributed by atoms with Crippen molar-refractivity contribution >= 4 is 29.4 Å². The van der Waals surface area contributed by atoms with Gasteiger partial charge in [0.25, 0.3) is 0 Å². The average Bonchev–Trinajstić information content (AvgIpc) is 2.97. The molecule has 2 aromatic carbocycles. The number of pyridine rings is 1. The Kier molecular flexibility index (Phi) is 5.91. The number of ether oxygens (including phenoxy) is 2. The van der Waals surface area contributed by atoms with E-state index >= 15 is 0 Å². The number of thiol groups is 1. The summed E-state index contributed by atoms with van der Waals surface area (Å²) in [5, 5.41) is 1.12. The van der Waals surface area contributed by atoms with Crippen LogP contribution < -0.4 is 15.2 Å². The highest BCUT2D eigenvalue weighted by atomic mass is 32.1. The largest absolute Gasteiger partial charge is 0.490 e. The Morgan fingerprint density at radius 3 is 2.55 bits per heavy atom. The lowest BCUT2D eigenvalue weighted by Crippen LogP contribution is -1.97. The first-order valence-corrected chi connectivity index (χ1v) is 9.89. The maximum atomic E-state index is 5.73. The van der Waals surface area contributed by atoms with E-state index in [4.69, 9.17) is 19.6 Å². The van der Waals surface area contributed by atoms with Crippen LogP contribution in [0.15, 0.2) is 76.0 Å². The summed E-state index contributed by atoms with van der Waals surface area (Å²) in [6, 6.07) is 21.3. The molecule has 3 heterocycles. The zero-order chi connectivity index (χ0) is 20.1. The van der Waals surface area contributed by atoms with Crippen molar-refractivity contribution in [1.82, 2.24) is 4.98 Å². The van der Waals surface area contributed by atoms with Crippen LogP contribution in [0.4, 0.5) is 5.82 Å². The van der Waals surface area contributed by atoms with E-state index in [0.29, 0.717) is 12.2 Å². The van der Waals surface area contributed by atoms with E-state index in [1.165, 1.54) is 0 Å². The van der Waals surface area contributed by atoms with Gasteiger partial charge in [-0.05, 0) is 42.5 Å². The number of nitrogens with two attached hydrogens (primary N) is 1. The van der Waals surface area contributed by atoms with Crippen LogP contribution in [-0.4, -0.2) is 18.2 Å². The maximum Gasteiger partial charge on any atom is 0.162 e. The molecule has 6 heteroatoms. The zero-order valence-electron chi connectivity index (χ0n) is 15.9. The summed E-state index contributed by atoms with van der Waals surface area (Å²) in [5.41, 5.74) is 7.47. The summed E-state index contributed by atoms with van der Waals surface area (Å²) < 4.78 is 16.6. The first-order chi connectivity index (χ1) is 14.2. The highest BCUT2D eigenvalue weighted by molar-refractivity contribution is 7.80. The Hall–Kier alpha value is -3.12. The van der Waals surface area contributed by atoms with E-state index in [9.17, 15) is 0 Å². The fourth-order valence-electron chi connectivity index (χ4n) is 3.05. The predicted octanol–water partition coefficient (Wildman–Crippen LogP) is 5.14. The van der Waals surface area contributed by atoms with E-state index in [1.54, 1.807) is 6.07 Å². The van der Waals surface area contributed by atoms with Crippen LogP contribution >= 0.6 is 12.6 Å². The van der Waals surface area contributed by atoms with Crippen molar-refractivity contribution in [2.24, 2.45) is 0 Å². The molecule has 0 radical (unpaired) electrons. The molecule has 0 saturated carbocycles. The predicted molar refractivity (Wildman–Crippen MR) is 117 cm³/mol. The lowest BCUT2D eigenvalue weighted by molar-refractivity contribution is 0.297. The fraction of sp³-hybridized carbons (Fsp3) is 0.174. The van der Waals surface area contributed by atoms with Crippen LogP contribution in [0.25, 0.3) is 11.0 Å². The summed E-state index contributed by atoms with van der Waals surface area (Å²) >= 11 is 4.22. The van der Waals surface area contributed by atoms with Crippen LogP contribution in [0.1, 0.15) is 17.9 Å². The number of nitrogen functional groups attached to an aromatic ring is 1. The van der Waals surface area contributed by atoms with Crippen LogP contribution in [0.3, 0.4) is 0 Å². The lowest BCUT2D eigenvalue weighted by Gasteiger charge is -2.06. The minimum Gasteiger partial charge on any atom is -0.490 e. The third-order valence-electron chi connectivity index (χ3n) is 4.39. The Bertz CT molecular complexity index is 1080. The number of benzene rings is 2. The van der Waals surface area contributed by atoms with E-state index in [1.807, 2.05) is 60.7 Å². The second-order valence-electron chi connectivity index (χ2n) is 6.66. The summed E-state index contributed by atoms with van der Waals surface area (Å²) in [6.07, 6.45) is 1.61. The number of furan rings is 1. The molecule has 0 fully saturated rings. The first-order valence-electron chi connectivity index (χ1n) is 9.45. The molecule has 1 aliphatic rings. The molecule has 5 rings (SSSR count). The Morgan fingerprint density at radius 1 is 0.897 bits per heavy atom. The molecule has 1 aliphatic heterocycles. The van der Waals surface area contributed by atoms with Crippen molar-refractivity contribution in [1.29, 1.82) is 0 Å². The Labute approximate surface area is 174 Å². The van der Waals surface area contributed by atoms with Gasteiger partial charge in [0.1, 0.15) is 17.2 Å². The Balaban J connectivity index is 0.000000150. The molecule has 0 bridgehead atoms. The standard InChI is InChI=1S/C14H12N2O.C9H10O2S/c15-14-7-3-5-11(16-14)9-12-8-10-4-1-2-6-13(10)17-12;12-7-2-3-8-9(6-7)11-5-1-4-10-8/h1-8H,9H2,(H2,15,16);2-3,6,12H,1,4-5H2. The molecule has 5 nitrogen and oxygen atoms in total. The van der Waals surface area contributed by atoms with Gasteiger partial charge in [-0.15, -0.1) is 12.6 Å². The van der Waals surface area contributed by atoms with Gasteiger partial charge in [-0.3, -0.25) is 0 Å². The van der Waals surface area contributed by atoms with Crippen LogP contribution in [0.2, 0.25) is 0 Å². The van der Waals surface area contributed by atoms with Crippen molar-refractivity contribution in [2.45, 2.75) is 17.7 Å². The van der Waals surface area contributed by atoms with E-state index < -0.39 is 0 Å². The van der Waals surface area contributed by atoms with Gasteiger partial charge in [0.05, 0.1) is 18.9 Å². The molecule has 148 valence electrons. The van der Waals surface area contributed by atoms with E-state index in [-0.39, 0.29) is 0 Å². The van der Waals surface area contributed by atoms with E-state index in [2.05, 4.69) is 17.6 Å². The summed E-state index contributed by atoms with van der Waals surface area (Å²) in [7, 11) is 0. The number of fused-ring (bicyclic) bond motifs is 2. The molecule has 4 aromatic rings. The van der Waals surface area contributed by atoms with Gasteiger partial charge in [0, 0.05) is 23.1 Å². The number of para-hydroxylation sites is 1. The second kappa shape index (κ2) is 8.92. The molecule has 0 atom stereocenters. The zero-order valence-corrected chi connectivity index (χ0v) is 16.8. The molecule has 2 N–H and O–H groups in total. The minimum absolute atomic E-state index is 0.540. The smallest absolute Gasteiger partial charge is 0.162 e. The topological polar surface area (TPSA) is 70.5 Å². The minimum atomic E-state index is 0.540. The highest BCUT2D eigenvalue weighted by Gasteiger charge is 2.09. The molecule has 0 aliphatic carbocycles. The number of hydrogen-bond donors (Lipinski definition) is 2. The van der Waals surface area contributed by atoms with Gasteiger partial charge in [-0.2, -0.15) is 0 Å². The quantitative estimate of drug-likeness (QED) is 0.451. The SMILES string of the molecule is Nc1cccc(Cc2cc3ccccc3o2)n1.Sc1ccc2c(c1)OCCCO2. The lowest BCUT2D eigenvalue weighted by atomic mass is 10.2. The normalized spacial score (nSPS) is 12.7. The van der Waals surface area contributed by atoms with Crippen LogP contribution in [0.5, 0.6) is 11.5 Å². The molecule has 0 saturated heterocycles. The number of hydrogen-bond acceptors (Lipinski definition) is 6. The number of aromatic nitrogens is 1. The van der Waals surface area contributed by atoms with Gasteiger partial charge >= 0.3 is 0 Å². The third-order valence-corrected chi connectivity index (χ3v) is 4.67. The molecular weight excluding hydrogens is 384 g/mol. The van der Waals surface area contributed by atoms with Crippen molar-refractivity contribution in [2.75, 3.05) is 18.9 Å². The molecule has 2 aromatic heterocycles. The highest BCUT2D eigenvalue weighted by Crippen LogP contribution is 2.31. The van der Waals surface area contributed by atoms with Gasteiger partial charge in [0.15, 0.2) is 11.5 Å². The first kappa shape index (κ1) is 19.2. The van der Waals surface area contributed by atoms with Crippen molar-refractivity contribution in [3.05, 3.63) is 78.2 Å². The van der Waals surface area contributed by atoms with Crippen LogP contribution in [0, 0.1) is 0 Å². The van der Waals surface area contributed by atoms with Crippen molar-refractivity contribution in [3.8, 4) is 11.5 Å². The fourth-order valence-corrected chi connectivity index (χ4v) is 3.24. The number of rotatable bonds is 2. The summed E-state index contributed by atoms with van der Waals surface area (Å²) in [4.78, 5) is 5.16. The summed E-state index contributed by atoms with van der Waals surface area (Å²) in [5.74, 6) is 3.08. The number of nitrogens with zero attached hydrogens (tertiary/aromatic N) is 1. The molecular formula is C23H22N2O3S. The maximum absolute atomic E-state index is 5.73.